The molecule has 1 fully saturated rings. The highest BCUT2D eigenvalue weighted by Crippen LogP contribution is 2.26. The Hall–Kier alpha value is -3.89. The standard InChI is InChI=1S/C19H20N8O3/c1-13-2-3-15(27(29)30)10-16(13)22-19(28)14-6-8-25(9-7-14)17-4-5-18(24-23-17)26-12-20-11-21-26/h2-5,10-12,14H,6-9H2,1H3,(H,22,28). The fourth-order valence-electron chi connectivity index (χ4n) is 3.40. The molecule has 1 aliphatic rings. The van der Waals surface area contributed by atoms with E-state index in [4.69, 9.17) is 0 Å². The molecular formula is C19H20N8O3. The minimum absolute atomic E-state index is 0.0429. The molecule has 1 aliphatic heterocycles. The molecule has 2 aromatic heterocycles. The number of anilines is 2. The number of carbonyl (C=O) groups excluding carboxylic acids is 1. The molecule has 1 amide bonds. The molecule has 0 spiro atoms. The molecular weight excluding hydrogens is 388 g/mol. The SMILES string of the molecule is Cc1ccc([N+](=O)[O-])cc1NC(=O)C1CCN(c2ccc(-n3cncn3)nn2)CC1. The van der Waals surface area contributed by atoms with Gasteiger partial charge in [-0.15, -0.1) is 10.2 Å². The second-order valence-electron chi connectivity index (χ2n) is 7.10. The highest BCUT2D eigenvalue weighted by atomic mass is 16.6. The van der Waals surface area contributed by atoms with Crippen molar-refractivity contribution in [3.63, 3.8) is 0 Å². The van der Waals surface area contributed by atoms with Crippen molar-refractivity contribution in [2.45, 2.75) is 19.8 Å². The van der Waals surface area contributed by atoms with Crippen LogP contribution in [0.15, 0.2) is 43.0 Å². The van der Waals surface area contributed by atoms with Gasteiger partial charge in [-0.05, 0) is 37.5 Å². The van der Waals surface area contributed by atoms with Crippen LogP contribution in [0.2, 0.25) is 0 Å². The fraction of sp³-hybridized carbons (Fsp3) is 0.316. The van der Waals surface area contributed by atoms with E-state index in [-0.39, 0.29) is 17.5 Å². The van der Waals surface area contributed by atoms with E-state index in [9.17, 15) is 14.9 Å². The van der Waals surface area contributed by atoms with Crippen LogP contribution < -0.4 is 10.2 Å². The van der Waals surface area contributed by atoms with E-state index in [1.54, 1.807) is 12.4 Å². The summed E-state index contributed by atoms with van der Waals surface area (Å²) in [6, 6.07) is 8.16. The van der Waals surface area contributed by atoms with Gasteiger partial charge >= 0.3 is 0 Å². The summed E-state index contributed by atoms with van der Waals surface area (Å²) in [7, 11) is 0. The zero-order valence-electron chi connectivity index (χ0n) is 16.3. The van der Waals surface area contributed by atoms with Gasteiger partial charge in [-0.1, -0.05) is 6.07 Å². The second kappa shape index (κ2) is 8.23. The van der Waals surface area contributed by atoms with Crippen molar-refractivity contribution >= 4 is 23.1 Å². The highest BCUT2D eigenvalue weighted by Gasteiger charge is 2.26. The van der Waals surface area contributed by atoms with Gasteiger partial charge in [0.05, 0.1) is 10.6 Å². The van der Waals surface area contributed by atoms with Crippen molar-refractivity contribution in [2.75, 3.05) is 23.3 Å². The van der Waals surface area contributed by atoms with Crippen LogP contribution in [0.3, 0.4) is 0 Å². The summed E-state index contributed by atoms with van der Waals surface area (Å²) in [5.41, 5.74) is 1.22. The van der Waals surface area contributed by atoms with E-state index < -0.39 is 4.92 Å². The van der Waals surface area contributed by atoms with E-state index >= 15 is 0 Å². The lowest BCUT2D eigenvalue weighted by molar-refractivity contribution is -0.384. The predicted octanol–water partition coefficient (Wildman–Crippen LogP) is 2.13. The van der Waals surface area contributed by atoms with Gasteiger partial charge < -0.3 is 10.2 Å². The number of hydrogen-bond donors (Lipinski definition) is 1. The Morgan fingerprint density at radius 3 is 2.53 bits per heavy atom. The summed E-state index contributed by atoms with van der Waals surface area (Å²) in [4.78, 5) is 29.2. The normalized spacial score (nSPS) is 14.5. The molecule has 0 bridgehead atoms. The Morgan fingerprint density at radius 1 is 1.17 bits per heavy atom. The Bertz CT molecular complexity index is 1040. The first-order chi connectivity index (χ1) is 14.5. The van der Waals surface area contributed by atoms with E-state index in [2.05, 4.69) is 30.5 Å². The van der Waals surface area contributed by atoms with Crippen molar-refractivity contribution < 1.29 is 9.72 Å². The number of aryl methyl sites for hydroxylation is 1. The number of rotatable bonds is 5. The van der Waals surface area contributed by atoms with Crippen molar-refractivity contribution in [3.05, 3.63) is 58.7 Å². The Labute approximate surface area is 171 Å². The number of carbonyl (C=O) groups is 1. The van der Waals surface area contributed by atoms with Crippen molar-refractivity contribution in [1.29, 1.82) is 0 Å². The number of benzene rings is 1. The molecule has 0 aliphatic carbocycles. The van der Waals surface area contributed by atoms with Crippen LogP contribution in [0.1, 0.15) is 18.4 Å². The number of nitro groups is 1. The molecule has 0 radical (unpaired) electrons. The molecule has 3 heterocycles. The van der Waals surface area contributed by atoms with Crippen LogP contribution in [0.4, 0.5) is 17.2 Å². The molecule has 30 heavy (non-hydrogen) atoms. The summed E-state index contributed by atoms with van der Waals surface area (Å²) in [6.45, 7) is 3.15. The Morgan fingerprint density at radius 2 is 1.90 bits per heavy atom. The minimum Gasteiger partial charge on any atom is -0.355 e. The predicted molar refractivity (Wildman–Crippen MR) is 108 cm³/mol. The van der Waals surface area contributed by atoms with E-state index in [1.807, 2.05) is 19.1 Å². The van der Waals surface area contributed by atoms with Gasteiger partial charge in [0, 0.05) is 31.1 Å². The minimum atomic E-state index is -0.469. The Kier molecular flexibility index (Phi) is 5.33. The summed E-state index contributed by atoms with van der Waals surface area (Å²) >= 11 is 0. The number of nitro benzene ring substituents is 1. The molecule has 0 atom stereocenters. The number of amides is 1. The first kappa shape index (κ1) is 19.4. The zero-order valence-corrected chi connectivity index (χ0v) is 16.3. The Balaban J connectivity index is 1.36. The number of non-ortho nitro benzene ring substituents is 1. The number of aromatic nitrogens is 5. The third-order valence-electron chi connectivity index (χ3n) is 5.17. The van der Waals surface area contributed by atoms with Crippen LogP contribution in [-0.2, 0) is 4.79 Å². The number of piperidine rings is 1. The van der Waals surface area contributed by atoms with Crippen LogP contribution in [0.25, 0.3) is 5.82 Å². The van der Waals surface area contributed by atoms with Gasteiger partial charge in [-0.3, -0.25) is 14.9 Å². The van der Waals surface area contributed by atoms with Gasteiger partial charge in [0.1, 0.15) is 12.7 Å². The molecule has 1 aromatic carbocycles. The van der Waals surface area contributed by atoms with Gasteiger partial charge in [-0.2, -0.15) is 5.10 Å². The molecule has 0 unspecified atom stereocenters. The van der Waals surface area contributed by atoms with Gasteiger partial charge in [0.15, 0.2) is 11.6 Å². The average molecular weight is 408 g/mol. The molecule has 4 rings (SSSR count). The summed E-state index contributed by atoms with van der Waals surface area (Å²) < 4.78 is 1.53. The molecule has 1 N–H and O–H groups in total. The smallest absolute Gasteiger partial charge is 0.271 e. The summed E-state index contributed by atoms with van der Waals surface area (Å²) in [5, 5.41) is 26.3. The lowest BCUT2D eigenvalue weighted by Gasteiger charge is -2.31. The second-order valence-corrected chi connectivity index (χ2v) is 7.10. The van der Waals surface area contributed by atoms with E-state index in [0.717, 1.165) is 11.4 Å². The third-order valence-corrected chi connectivity index (χ3v) is 5.17. The lowest BCUT2D eigenvalue weighted by atomic mass is 9.95. The molecule has 3 aromatic rings. The van der Waals surface area contributed by atoms with Gasteiger partial charge in [0.25, 0.3) is 5.69 Å². The summed E-state index contributed by atoms with van der Waals surface area (Å²) in [6.07, 6.45) is 4.30. The molecule has 11 nitrogen and oxygen atoms in total. The largest absolute Gasteiger partial charge is 0.355 e. The molecule has 1 saturated heterocycles. The van der Waals surface area contributed by atoms with Gasteiger partial charge in [0.2, 0.25) is 5.91 Å². The summed E-state index contributed by atoms with van der Waals surface area (Å²) in [5.74, 6) is 1.04. The fourth-order valence-corrected chi connectivity index (χ4v) is 3.40. The van der Waals surface area contributed by atoms with Crippen LogP contribution in [0.5, 0.6) is 0 Å². The topological polar surface area (TPSA) is 132 Å². The first-order valence-corrected chi connectivity index (χ1v) is 9.51. The molecule has 11 heteroatoms. The van der Waals surface area contributed by atoms with E-state index in [0.29, 0.717) is 37.4 Å². The highest BCUT2D eigenvalue weighted by molar-refractivity contribution is 5.93. The maximum Gasteiger partial charge on any atom is 0.271 e. The quantitative estimate of drug-likeness (QED) is 0.501. The zero-order chi connectivity index (χ0) is 21.1. The maximum absolute atomic E-state index is 12.7. The number of nitrogens with one attached hydrogen (secondary N) is 1. The molecule has 0 saturated carbocycles. The number of hydrogen-bond acceptors (Lipinski definition) is 8. The van der Waals surface area contributed by atoms with Crippen molar-refractivity contribution in [3.8, 4) is 5.82 Å². The average Bonchev–Trinajstić information content (AvgIpc) is 3.30. The van der Waals surface area contributed by atoms with Crippen LogP contribution in [0, 0.1) is 23.0 Å². The van der Waals surface area contributed by atoms with Crippen molar-refractivity contribution in [2.24, 2.45) is 5.92 Å². The first-order valence-electron chi connectivity index (χ1n) is 9.51. The van der Waals surface area contributed by atoms with Gasteiger partial charge in [-0.25, -0.2) is 9.67 Å². The number of nitrogens with zero attached hydrogens (tertiary/aromatic N) is 7. The van der Waals surface area contributed by atoms with Crippen LogP contribution in [-0.4, -0.2) is 48.9 Å². The van der Waals surface area contributed by atoms with E-state index in [1.165, 1.54) is 23.1 Å². The van der Waals surface area contributed by atoms with Crippen molar-refractivity contribution in [1.82, 2.24) is 25.0 Å². The third kappa shape index (κ3) is 4.09. The monoisotopic (exact) mass is 408 g/mol. The lowest BCUT2D eigenvalue weighted by Crippen LogP contribution is -2.38. The maximum atomic E-state index is 12.7. The van der Waals surface area contributed by atoms with Crippen LogP contribution >= 0.6 is 0 Å². The molecule has 154 valence electrons.